The summed E-state index contributed by atoms with van der Waals surface area (Å²) in [6.07, 6.45) is 0. The van der Waals surface area contributed by atoms with Gasteiger partial charge in [-0.15, -0.1) is 0 Å². The van der Waals surface area contributed by atoms with Gasteiger partial charge in [0.2, 0.25) is 0 Å². The van der Waals surface area contributed by atoms with E-state index >= 15 is 0 Å². The number of urea groups is 1. The summed E-state index contributed by atoms with van der Waals surface area (Å²) in [5.74, 6) is -1.03. The third kappa shape index (κ3) is 4.68. The van der Waals surface area contributed by atoms with Crippen LogP contribution in [-0.4, -0.2) is 16.9 Å². The van der Waals surface area contributed by atoms with Crippen molar-refractivity contribution < 1.29 is 9.59 Å². The summed E-state index contributed by atoms with van der Waals surface area (Å²) in [6.45, 7) is 0. The molecule has 3 amide bonds. The zero-order valence-electron chi connectivity index (χ0n) is 13.6. The molecule has 2 aromatic carbocycles. The summed E-state index contributed by atoms with van der Waals surface area (Å²) >= 11 is 24.8. The lowest BCUT2D eigenvalue weighted by Gasteiger charge is -2.10. The molecule has 28 heavy (non-hydrogen) atoms. The molecule has 0 spiro atoms. The van der Waals surface area contributed by atoms with E-state index in [0.29, 0.717) is 20.6 Å². The van der Waals surface area contributed by atoms with E-state index in [4.69, 9.17) is 52.1 Å². The predicted molar refractivity (Wildman–Crippen MR) is 114 cm³/mol. The highest BCUT2D eigenvalue weighted by molar-refractivity contribution is 7.19. The minimum absolute atomic E-state index is 0.114. The lowest BCUT2D eigenvalue weighted by Crippen LogP contribution is -2.20. The highest BCUT2D eigenvalue weighted by Gasteiger charge is 2.20. The number of benzene rings is 2. The number of thiazole rings is 1. The maximum atomic E-state index is 12.4. The number of rotatable bonds is 4. The van der Waals surface area contributed by atoms with Crippen molar-refractivity contribution in [3.05, 3.63) is 62.2 Å². The number of nitrogens with one attached hydrogen (secondary N) is 3. The van der Waals surface area contributed by atoms with Crippen LogP contribution in [0.3, 0.4) is 0 Å². The Bertz CT molecular complexity index is 1050. The van der Waals surface area contributed by atoms with Crippen LogP contribution in [0.4, 0.5) is 15.5 Å². The van der Waals surface area contributed by atoms with E-state index in [0.717, 1.165) is 11.3 Å². The van der Waals surface area contributed by atoms with E-state index < -0.39 is 11.9 Å². The fraction of sp³-hybridized carbons (Fsp3) is 0. The molecule has 1 radical (unpaired) electrons. The highest BCUT2D eigenvalue weighted by Crippen LogP contribution is 2.35. The SMILES string of the molecule is [NH]C(=O)c1nc(-c2ccc(Cl)cc2)sc1NC(=O)Nc1c(Cl)cc(Cl)cc1Cl. The van der Waals surface area contributed by atoms with Crippen LogP contribution < -0.4 is 16.4 Å². The van der Waals surface area contributed by atoms with E-state index in [1.54, 1.807) is 24.3 Å². The Hall–Kier alpha value is -2.03. The second kappa shape index (κ2) is 8.55. The second-order valence-electron chi connectivity index (χ2n) is 5.36. The molecular weight excluding hydrogens is 466 g/mol. The minimum atomic E-state index is -1.03. The van der Waals surface area contributed by atoms with E-state index in [2.05, 4.69) is 15.6 Å². The smallest absolute Gasteiger partial charge is 0.305 e. The Morgan fingerprint density at radius 2 is 1.54 bits per heavy atom. The van der Waals surface area contributed by atoms with Gasteiger partial charge < -0.3 is 5.32 Å². The van der Waals surface area contributed by atoms with Gasteiger partial charge in [0.1, 0.15) is 10.0 Å². The largest absolute Gasteiger partial charge is 0.324 e. The quantitative estimate of drug-likeness (QED) is 0.452. The standard InChI is InChI=1S/C17H9Cl4N4O2S/c18-8-3-1-7(2-4-8)15-23-13(14(22)26)16(28-15)25-17(27)24-12-10(20)5-9(19)6-11(12)21/h1-6,22H,(H2,24,25,27). The molecule has 0 aliphatic rings. The van der Waals surface area contributed by atoms with Gasteiger partial charge in [0.25, 0.3) is 5.91 Å². The monoisotopic (exact) mass is 473 g/mol. The predicted octanol–water partition coefficient (Wildman–Crippen LogP) is 6.49. The number of amides is 3. The van der Waals surface area contributed by atoms with Crippen molar-refractivity contribution in [1.29, 1.82) is 0 Å². The van der Waals surface area contributed by atoms with E-state index in [1.165, 1.54) is 12.1 Å². The van der Waals surface area contributed by atoms with Crippen molar-refractivity contribution in [3.63, 3.8) is 0 Å². The van der Waals surface area contributed by atoms with Gasteiger partial charge in [0.05, 0.1) is 15.7 Å². The van der Waals surface area contributed by atoms with Crippen molar-refractivity contribution in [1.82, 2.24) is 10.7 Å². The van der Waals surface area contributed by atoms with Gasteiger partial charge in [0.15, 0.2) is 5.69 Å². The third-order valence-corrected chi connectivity index (χ3v) is 5.49. The van der Waals surface area contributed by atoms with Crippen molar-refractivity contribution in [2.75, 3.05) is 10.6 Å². The van der Waals surface area contributed by atoms with Gasteiger partial charge in [-0.2, -0.15) is 0 Å². The Morgan fingerprint density at radius 3 is 2.11 bits per heavy atom. The molecule has 0 atom stereocenters. The maximum absolute atomic E-state index is 12.4. The molecule has 11 heteroatoms. The number of anilines is 2. The number of carbonyl (C=O) groups is 2. The zero-order chi connectivity index (χ0) is 20.4. The average Bonchev–Trinajstić information content (AvgIpc) is 3.02. The van der Waals surface area contributed by atoms with Crippen LogP contribution in [0.1, 0.15) is 10.5 Å². The Morgan fingerprint density at radius 1 is 0.929 bits per heavy atom. The van der Waals surface area contributed by atoms with E-state index in [-0.39, 0.29) is 26.4 Å². The molecule has 0 aliphatic heterocycles. The van der Waals surface area contributed by atoms with Crippen LogP contribution in [0.15, 0.2) is 36.4 Å². The molecule has 3 N–H and O–H groups in total. The highest BCUT2D eigenvalue weighted by atomic mass is 35.5. The van der Waals surface area contributed by atoms with Crippen molar-refractivity contribution >= 4 is 80.4 Å². The first-order valence-corrected chi connectivity index (χ1v) is 9.82. The molecule has 0 fully saturated rings. The zero-order valence-corrected chi connectivity index (χ0v) is 17.5. The topological polar surface area (TPSA) is 94.9 Å². The molecule has 143 valence electrons. The first kappa shape index (κ1) is 20.7. The van der Waals surface area contributed by atoms with Crippen molar-refractivity contribution in [3.8, 4) is 10.6 Å². The molecule has 0 saturated carbocycles. The summed E-state index contributed by atoms with van der Waals surface area (Å²) in [4.78, 5) is 28.1. The van der Waals surface area contributed by atoms with Gasteiger partial charge >= 0.3 is 6.03 Å². The molecule has 3 rings (SSSR count). The number of aromatic nitrogens is 1. The minimum Gasteiger partial charge on any atom is -0.305 e. The Labute approximate surface area is 183 Å². The number of hydrogen-bond acceptors (Lipinski definition) is 4. The summed E-state index contributed by atoms with van der Waals surface area (Å²) in [5, 5.41) is 6.72. The fourth-order valence-electron chi connectivity index (χ4n) is 2.18. The van der Waals surface area contributed by atoms with E-state index in [1.807, 2.05) is 0 Å². The van der Waals surface area contributed by atoms with Crippen LogP contribution in [-0.2, 0) is 0 Å². The fourth-order valence-corrected chi connectivity index (χ4v) is 4.18. The Balaban J connectivity index is 1.86. The molecule has 0 saturated heterocycles. The normalized spacial score (nSPS) is 10.6. The summed E-state index contributed by atoms with van der Waals surface area (Å²) < 4.78 is 0. The molecule has 1 aromatic heterocycles. The first-order valence-electron chi connectivity index (χ1n) is 7.50. The lowest BCUT2D eigenvalue weighted by molar-refractivity contribution is 0.0989. The molecule has 3 aromatic rings. The molecule has 0 aliphatic carbocycles. The maximum Gasteiger partial charge on any atom is 0.324 e. The summed E-state index contributed by atoms with van der Waals surface area (Å²) in [5.41, 5.74) is 8.05. The number of hydrogen-bond donors (Lipinski definition) is 2. The van der Waals surface area contributed by atoms with Gasteiger partial charge in [-0.25, -0.2) is 9.78 Å². The van der Waals surface area contributed by atoms with Crippen molar-refractivity contribution in [2.24, 2.45) is 0 Å². The van der Waals surface area contributed by atoms with Crippen LogP contribution in [0.2, 0.25) is 20.1 Å². The van der Waals surface area contributed by atoms with Crippen molar-refractivity contribution in [2.45, 2.75) is 0 Å². The number of halogens is 4. The molecule has 0 unspecified atom stereocenters. The van der Waals surface area contributed by atoms with Gasteiger partial charge in [-0.05, 0) is 24.3 Å². The molecule has 1 heterocycles. The van der Waals surface area contributed by atoms with Crippen LogP contribution in [0.25, 0.3) is 10.6 Å². The number of nitrogens with zero attached hydrogens (tertiary/aromatic N) is 1. The average molecular weight is 475 g/mol. The van der Waals surface area contributed by atoms with Gasteiger partial charge in [0, 0.05) is 15.6 Å². The molecular formula is C17H9Cl4N4O2S. The van der Waals surface area contributed by atoms with Crippen LogP contribution >= 0.6 is 57.7 Å². The van der Waals surface area contributed by atoms with E-state index in [9.17, 15) is 9.59 Å². The number of carbonyl (C=O) groups excluding carboxylic acids is 2. The lowest BCUT2D eigenvalue weighted by atomic mass is 10.2. The first-order chi connectivity index (χ1) is 13.2. The van der Waals surface area contributed by atoms with Crippen LogP contribution in [0, 0.1) is 0 Å². The molecule has 6 nitrogen and oxygen atoms in total. The van der Waals surface area contributed by atoms with Gasteiger partial charge in [-0.1, -0.05) is 69.9 Å². The van der Waals surface area contributed by atoms with Gasteiger partial charge in [-0.3, -0.25) is 15.8 Å². The Kier molecular flexibility index (Phi) is 6.32. The third-order valence-electron chi connectivity index (χ3n) is 3.41. The summed E-state index contributed by atoms with van der Waals surface area (Å²) in [6, 6.07) is 8.92. The second-order valence-corrected chi connectivity index (χ2v) is 8.04. The van der Waals surface area contributed by atoms with Crippen LogP contribution in [0.5, 0.6) is 0 Å². The molecule has 0 bridgehead atoms. The summed E-state index contributed by atoms with van der Waals surface area (Å²) in [7, 11) is 0.